The summed E-state index contributed by atoms with van der Waals surface area (Å²) in [7, 11) is 0. The van der Waals surface area contributed by atoms with Crippen molar-refractivity contribution in [2.45, 2.75) is 57.0 Å². The molecule has 2 saturated heterocycles. The van der Waals surface area contributed by atoms with E-state index in [1.54, 1.807) is 4.90 Å². The monoisotopic (exact) mass is 539 g/mol. The van der Waals surface area contributed by atoms with Crippen LogP contribution in [0.2, 0.25) is 0 Å². The summed E-state index contributed by atoms with van der Waals surface area (Å²) < 4.78 is 5.34. The van der Waals surface area contributed by atoms with Gasteiger partial charge in [0.25, 0.3) is 5.91 Å². The van der Waals surface area contributed by atoms with Gasteiger partial charge >= 0.3 is 6.03 Å². The summed E-state index contributed by atoms with van der Waals surface area (Å²) in [5, 5.41) is 8.00. The van der Waals surface area contributed by atoms with Crippen LogP contribution in [0.3, 0.4) is 0 Å². The van der Waals surface area contributed by atoms with Crippen molar-refractivity contribution in [2.75, 3.05) is 31.6 Å². The van der Waals surface area contributed by atoms with Crippen LogP contribution >= 0.6 is 11.3 Å². The summed E-state index contributed by atoms with van der Waals surface area (Å²) in [6.07, 6.45) is 4.94. The summed E-state index contributed by atoms with van der Waals surface area (Å²) in [5.74, 6) is -1.41. The largest absolute Gasteiger partial charge is 0.378 e. The van der Waals surface area contributed by atoms with Crippen LogP contribution in [0.1, 0.15) is 44.9 Å². The van der Waals surface area contributed by atoms with Crippen molar-refractivity contribution in [3.63, 3.8) is 0 Å². The van der Waals surface area contributed by atoms with Gasteiger partial charge in [0.2, 0.25) is 11.8 Å². The molecular formula is C27H33N5O5S. The van der Waals surface area contributed by atoms with E-state index in [0.717, 1.165) is 48.3 Å². The van der Waals surface area contributed by atoms with E-state index in [9.17, 15) is 19.2 Å². The Labute approximate surface area is 225 Å². The lowest BCUT2D eigenvalue weighted by atomic mass is 9.83. The zero-order valence-electron chi connectivity index (χ0n) is 21.3. The molecule has 0 bridgehead atoms. The van der Waals surface area contributed by atoms with Crippen LogP contribution in [0.4, 0.5) is 9.93 Å². The van der Waals surface area contributed by atoms with Gasteiger partial charge in [0.05, 0.1) is 18.9 Å². The molecular weight excluding hydrogens is 506 g/mol. The van der Waals surface area contributed by atoms with Gasteiger partial charge in [0, 0.05) is 30.5 Å². The van der Waals surface area contributed by atoms with Gasteiger partial charge in [-0.25, -0.2) is 9.78 Å². The number of amides is 5. The van der Waals surface area contributed by atoms with E-state index < -0.39 is 23.9 Å². The summed E-state index contributed by atoms with van der Waals surface area (Å²) in [4.78, 5) is 60.4. The average molecular weight is 540 g/mol. The molecule has 3 heterocycles. The van der Waals surface area contributed by atoms with Crippen LogP contribution in [0, 0.1) is 5.92 Å². The van der Waals surface area contributed by atoms with Crippen LogP contribution in [0.15, 0.2) is 35.7 Å². The summed E-state index contributed by atoms with van der Waals surface area (Å²) in [6.45, 7) is 1.80. The number of carbonyl (C=O) groups excluding carboxylic acids is 4. The van der Waals surface area contributed by atoms with Gasteiger partial charge in [-0.05, 0) is 25.2 Å². The number of likely N-dealkylation sites (tertiary alicyclic amines) is 1. The molecule has 2 atom stereocenters. The first-order valence-corrected chi connectivity index (χ1v) is 14.2. The lowest BCUT2D eigenvalue weighted by Crippen LogP contribution is -2.59. The Balaban J connectivity index is 1.31. The molecule has 1 saturated carbocycles. The van der Waals surface area contributed by atoms with E-state index >= 15 is 0 Å². The van der Waals surface area contributed by atoms with Crippen molar-refractivity contribution in [3.8, 4) is 11.3 Å². The normalized spacial score (nSPS) is 21.3. The van der Waals surface area contributed by atoms with E-state index in [1.165, 1.54) is 11.3 Å². The highest BCUT2D eigenvalue weighted by Gasteiger charge is 2.45. The molecule has 0 spiro atoms. The Morgan fingerprint density at radius 1 is 1.03 bits per heavy atom. The van der Waals surface area contributed by atoms with Gasteiger partial charge in [-0.2, -0.15) is 0 Å². The molecule has 3 aliphatic rings. The van der Waals surface area contributed by atoms with Crippen molar-refractivity contribution < 1.29 is 23.9 Å². The van der Waals surface area contributed by atoms with Crippen molar-refractivity contribution in [1.29, 1.82) is 0 Å². The highest BCUT2D eigenvalue weighted by Crippen LogP contribution is 2.31. The highest BCUT2D eigenvalue weighted by atomic mass is 32.1. The Morgan fingerprint density at radius 3 is 2.50 bits per heavy atom. The molecule has 38 heavy (non-hydrogen) atoms. The minimum atomic E-state index is -0.939. The number of nitrogens with one attached hydrogen (secondary N) is 2. The maximum atomic E-state index is 13.9. The van der Waals surface area contributed by atoms with Crippen molar-refractivity contribution in [1.82, 2.24) is 20.1 Å². The fourth-order valence-electron chi connectivity index (χ4n) is 5.46. The smallest absolute Gasteiger partial charge is 0.318 e. The van der Waals surface area contributed by atoms with Gasteiger partial charge in [0.1, 0.15) is 12.1 Å². The van der Waals surface area contributed by atoms with Crippen LogP contribution in [-0.2, 0) is 19.1 Å². The number of rotatable bonds is 6. The molecule has 0 radical (unpaired) electrons. The van der Waals surface area contributed by atoms with Gasteiger partial charge in [-0.3, -0.25) is 19.3 Å². The predicted molar refractivity (Wildman–Crippen MR) is 142 cm³/mol. The molecule has 1 aliphatic carbocycles. The number of carbonyl (C=O) groups is 4. The minimum absolute atomic E-state index is 0.0780. The fourth-order valence-corrected chi connectivity index (χ4v) is 6.18. The number of hydrogen-bond donors (Lipinski definition) is 2. The average Bonchev–Trinajstić information content (AvgIpc) is 3.59. The van der Waals surface area contributed by atoms with Gasteiger partial charge in [-0.15, -0.1) is 11.3 Å². The zero-order chi connectivity index (χ0) is 26.5. The summed E-state index contributed by atoms with van der Waals surface area (Å²) >= 11 is 1.29. The Hall–Kier alpha value is -3.31. The maximum Gasteiger partial charge on any atom is 0.318 e. The standard InChI is InChI=1S/C27H33N5O5S/c33-22-12-11-21(24(34)30-26-28-20(17-38-26)18-7-3-1-4-8-18)32(22)25(35)23(19-9-5-2-6-10-19)29-27(36)31-13-15-37-16-14-31/h1,3-4,7-8,17,19,21,23H,2,5-6,9-16H2,(H,29,36)(H,28,30,34)/t21-,23+/m0/s1. The number of hydrogen-bond acceptors (Lipinski definition) is 7. The number of imide groups is 1. The minimum Gasteiger partial charge on any atom is -0.378 e. The molecule has 2 aromatic rings. The second-order valence-electron chi connectivity index (χ2n) is 9.97. The number of ether oxygens (including phenoxy) is 1. The second kappa shape index (κ2) is 12.0. The van der Waals surface area contributed by atoms with E-state index in [0.29, 0.717) is 31.4 Å². The number of anilines is 1. The van der Waals surface area contributed by atoms with E-state index in [2.05, 4.69) is 15.6 Å². The summed E-state index contributed by atoms with van der Waals surface area (Å²) in [6, 6.07) is 7.51. The van der Waals surface area contributed by atoms with Crippen LogP contribution < -0.4 is 10.6 Å². The summed E-state index contributed by atoms with van der Waals surface area (Å²) in [5.41, 5.74) is 1.67. The van der Waals surface area contributed by atoms with Crippen LogP contribution in [0.5, 0.6) is 0 Å². The SMILES string of the molecule is O=C(Nc1nc(-c2ccccc2)cs1)[C@@H]1CCC(=O)N1C(=O)[C@H](NC(=O)N1CCOCC1)C1CCCCC1. The first-order chi connectivity index (χ1) is 18.5. The molecule has 202 valence electrons. The molecule has 5 amide bonds. The number of urea groups is 1. The van der Waals surface area contributed by atoms with Gasteiger partial charge < -0.3 is 20.3 Å². The lowest BCUT2D eigenvalue weighted by Gasteiger charge is -2.35. The van der Waals surface area contributed by atoms with E-state index in [-0.39, 0.29) is 30.7 Å². The number of aromatic nitrogens is 1. The van der Waals surface area contributed by atoms with E-state index in [1.807, 2.05) is 35.7 Å². The molecule has 3 fully saturated rings. The van der Waals surface area contributed by atoms with Gasteiger partial charge in [-0.1, -0.05) is 49.6 Å². The first-order valence-electron chi connectivity index (χ1n) is 13.3. The van der Waals surface area contributed by atoms with Crippen LogP contribution in [0.25, 0.3) is 11.3 Å². The maximum absolute atomic E-state index is 13.9. The quantitative estimate of drug-likeness (QED) is 0.581. The number of benzene rings is 1. The molecule has 11 heteroatoms. The van der Waals surface area contributed by atoms with Crippen LogP contribution in [-0.4, -0.2) is 76.9 Å². The van der Waals surface area contributed by atoms with Gasteiger partial charge in [0.15, 0.2) is 5.13 Å². The Kier molecular flexibility index (Phi) is 8.33. The molecule has 0 unspecified atom stereocenters. The highest BCUT2D eigenvalue weighted by molar-refractivity contribution is 7.14. The number of thiazole rings is 1. The lowest BCUT2D eigenvalue weighted by molar-refractivity contribution is -0.149. The predicted octanol–water partition coefficient (Wildman–Crippen LogP) is 3.26. The second-order valence-corrected chi connectivity index (χ2v) is 10.8. The molecule has 1 aromatic heterocycles. The molecule has 10 nitrogen and oxygen atoms in total. The third-order valence-corrected chi connectivity index (χ3v) is 8.28. The first kappa shape index (κ1) is 26.3. The third-order valence-electron chi connectivity index (χ3n) is 7.52. The Bertz CT molecular complexity index is 1160. The fraction of sp³-hybridized carbons (Fsp3) is 0.519. The van der Waals surface area contributed by atoms with Crippen molar-refractivity contribution >= 4 is 40.2 Å². The molecule has 1 aromatic carbocycles. The van der Waals surface area contributed by atoms with Crippen molar-refractivity contribution in [2.24, 2.45) is 5.92 Å². The zero-order valence-corrected chi connectivity index (χ0v) is 22.1. The van der Waals surface area contributed by atoms with Crippen molar-refractivity contribution in [3.05, 3.63) is 35.7 Å². The Morgan fingerprint density at radius 2 is 1.76 bits per heavy atom. The number of nitrogens with zero attached hydrogens (tertiary/aromatic N) is 3. The van der Waals surface area contributed by atoms with E-state index in [4.69, 9.17) is 4.74 Å². The molecule has 2 N–H and O–H groups in total. The topological polar surface area (TPSA) is 121 Å². The molecule has 2 aliphatic heterocycles. The number of morpholine rings is 1. The third kappa shape index (κ3) is 5.88. The molecule has 5 rings (SSSR count).